The van der Waals surface area contributed by atoms with Gasteiger partial charge < -0.3 is 9.64 Å². The number of rotatable bonds is 10. The Morgan fingerprint density at radius 3 is 1.92 bits per heavy atom. The van der Waals surface area contributed by atoms with Crippen LogP contribution in [0.5, 0.6) is 5.75 Å². The minimum absolute atomic E-state index is 0.0127. The molecule has 15 heteroatoms. The molecule has 276 valence electrons. The number of benzene rings is 3. The molecule has 3 aromatic carbocycles. The minimum Gasteiger partial charge on any atom is -0.490 e. The van der Waals surface area contributed by atoms with Crippen molar-refractivity contribution in [3.63, 3.8) is 0 Å². The molecule has 0 aromatic heterocycles. The molecule has 2 aliphatic rings. The standard InChI is InChI=1S/C36H43Cl3N4O6S2/c1-24(2)49-31-23-30(39)32(51(6,47)48)22-29(31)33-40-35(3,25-8-12-27(37)13-9-25)36(4,26-10-14-28(38)15-11-26)43(33)34(44)42-19-17-41(18-20-42)16-7-21-50(5,45)46/h8-15,22-24H,7,16-21H2,1-6H3/t35-,36+/m0/s1. The van der Waals surface area contributed by atoms with Crippen molar-refractivity contribution in [3.05, 3.63) is 92.4 Å². The van der Waals surface area contributed by atoms with E-state index in [1.54, 1.807) is 34.1 Å². The molecule has 2 amide bonds. The number of aliphatic imine (C=N–C) groups is 1. The Hall–Kier alpha value is -2.87. The summed E-state index contributed by atoms with van der Waals surface area (Å²) in [5, 5.41) is 1.03. The first-order chi connectivity index (χ1) is 23.7. The Morgan fingerprint density at radius 1 is 0.863 bits per heavy atom. The lowest BCUT2D eigenvalue weighted by Crippen LogP contribution is -2.60. The van der Waals surface area contributed by atoms with Crippen molar-refractivity contribution in [1.82, 2.24) is 14.7 Å². The van der Waals surface area contributed by atoms with Gasteiger partial charge in [-0.05, 0) is 82.1 Å². The zero-order valence-electron chi connectivity index (χ0n) is 29.5. The van der Waals surface area contributed by atoms with Gasteiger partial charge in [-0.1, -0.05) is 59.1 Å². The number of ether oxygens (including phenoxy) is 1. The quantitative estimate of drug-likeness (QED) is 0.219. The third-order valence-corrected chi connectivity index (χ3v) is 12.7. The van der Waals surface area contributed by atoms with Gasteiger partial charge in [0.15, 0.2) is 9.84 Å². The summed E-state index contributed by atoms with van der Waals surface area (Å²) in [6.45, 7) is 9.99. The first kappa shape index (κ1) is 39.3. The zero-order chi connectivity index (χ0) is 37.5. The average molecular weight is 798 g/mol. The van der Waals surface area contributed by atoms with Gasteiger partial charge in [0.05, 0.1) is 27.3 Å². The number of amidine groups is 1. The van der Waals surface area contributed by atoms with Gasteiger partial charge in [-0.25, -0.2) is 21.6 Å². The first-order valence-electron chi connectivity index (χ1n) is 16.6. The summed E-state index contributed by atoms with van der Waals surface area (Å²) in [7, 11) is -6.89. The molecule has 2 aliphatic heterocycles. The van der Waals surface area contributed by atoms with Crippen LogP contribution < -0.4 is 4.74 Å². The number of hydrogen-bond acceptors (Lipinski definition) is 8. The van der Waals surface area contributed by atoms with Crippen molar-refractivity contribution in [2.45, 2.75) is 56.2 Å². The molecule has 5 rings (SSSR count). The number of piperazine rings is 1. The lowest BCUT2D eigenvalue weighted by molar-refractivity contribution is 0.0868. The fourth-order valence-electron chi connectivity index (χ4n) is 6.77. The number of halogens is 3. The highest BCUT2D eigenvalue weighted by Gasteiger charge is 2.60. The highest BCUT2D eigenvalue weighted by atomic mass is 35.5. The van der Waals surface area contributed by atoms with Crippen molar-refractivity contribution in [2.24, 2.45) is 4.99 Å². The van der Waals surface area contributed by atoms with Gasteiger partial charge in [0, 0.05) is 54.8 Å². The van der Waals surface area contributed by atoms with E-state index in [4.69, 9.17) is 44.5 Å². The van der Waals surface area contributed by atoms with Gasteiger partial charge in [0.1, 0.15) is 32.5 Å². The molecular weight excluding hydrogens is 755 g/mol. The van der Waals surface area contributed by atoms with E-state index < -0.39 is 30.8 Å². The van der Waals surface area contributed by atoms with Gasteiger partial charge in [0.2, 0.25) is 0 Å². The van der Waals surface area contributed by atoms with E-state index in [9.17, 15) is 16.8 Å². The van der Waals surface area contributed by atoms with E-state index in [2.05, 4.69) is 4.90 Å². The third-order valence-electron chi connectivity index (χ3n) is 9.61. The Balaban J connectivity index is 1.71. The van der Waals surface area contributed by atoms with E-state index in [0.29, 0.717) is 54.8 Å². The van der Waals surface area contributed by atoms with Crippen LogP contribution in [0.15, 0.2) is 70.6 Å². The molecule has 2 heterocycles. The second kappa shape index (κ2) is 14.9. The topological polar surface area (TPSA) is 117 Å². The summed E-state index contributed by atoms with van der Waals surface area (Å²) in [5.41, 5.74) is -0.566. The number of carbonyl (C=O) groups excluding carboxylic acids is 1. The van der Waals surface area contributed by atoms with Gasteiger partial charge in [0.25, 0.3) is 0 Å². The summed E-state index contributed by atoms with van der Waals surface area (Å²) in [4.78, 5) is 26.0. The number of sulfone groups is 2. The number of nitrogens with zero attached hydrogens (tertiary/aromatic N) is 4. The van der Waals surface area contributed by atoms with Crippen LogP contribution in [0.4, 0.5) is 4.79 Å². The molecule has 10 nitrogen and oxygen atoms in total. The maximum absolute atomic E-state index is 15.2. The molecule has 0 saturated carbocycles. The Kier molecular flexibility index (Phi) is 11.5. The second-order valence-corrected chi connectivity index (χ2v) is 19.3. The minimum atomic E-state index is -3.81. The predicted octanol–water partition coefficient (Wildman–Crippen LogP) is 6.90. The van der Waals surface area contributed by atoms with Crippen molar-refractivity contribution in [2.75, 3.05) is 51.0 Å². The second-order valence-electron chi connectivity index (χ2n) is 13.7. The average Bonchev–Trinajstić information content (AvgIpc) is 3.28. The van der Waals surface area contributed by atoms with Crippen LogP contribution >= 0.6 is 34.8 Å². The van der Waals surface area contributed by atoms with E-state index in [1.807, 2.05) is 52.0 Å². The summed E-state index contributed by atoms with van der Waals surface area (Å²) >= 11 is 19.3. The van der Waals surface area contributed by atoms with Gasteiger partial charge in [-0.3, -0.25) is 14.8 Å². The third kappa shape index (κ3) is 8.21. The lowest BCUT2D eigenvalue weighted by Gasteiger charge is -2.47. The van der Waals surface area contributed by atoms with Crippen LogP contribution in [0.2, 0.25) is 15.1 Å². The van der Waals surface area contributed by atoms with Crippen LogP contribution in [-0.2, 0) is 30.8 Å². The normalized spacial score (nSPS) is 21.6. The highest BCUT2D eigenvalue weighted by molar-refractivity contribution is 7.91. The Labute approximate surface area is 316 Å². The van der Waals surface area contributed by atoms with E-state index in [-0.39, 0.29) is 39.4 Å². The monoisotopic (exact) mass is 796 g/mol. The summed E-state index contributed by atoms with van der Waals surface area (Å²) in [6.07, 6.45) is 2.48. The first-order valence-corrected chi connectivity index (χ1v) is 21.6. The molecule has 51 heavy (non-hydrogen) atoms. The summed E-state index contributed by atoms with van der Waals surface area (Å²) in [5.74, 6) is 0.580. The number of carbonyl (C=O) groups is 1. The molecule has 2 atom stereocenters. The molecule has 1 saturated heterocycles. The molecule has 3 aromatic rings. The van der Waals surface area contributed by atoms with Crippen molar-refractivity contribution < 1.29 is 26.4 Å². The van der Waals surface area contributed by atoms with Crippen LogP contribution in [0, 0.1) is 0 Å². The lowest BCUT2D eigenvalue weighted by atomic mass is 9.71. The van der Waals surface area contributed by atoms with Gasteiger partial charge >= 0.3 is 6.03 Å². The molecule has 0 N–H and O–H groups in total. The number of urea groups is 1. The van der Waals surface area contributed by atoms with Crippen molar-refractivity contribution >= 4 is 66.3 Å². The maximum atomic E-state index is 15.2. The predicted molar refractivity (Wildman–Crippen MR) is 204 cm³/mol. The van der Waals surface area contributed by atoms with Crippen LogP contribution in [0.1, 0.15) is 50.8 Å². The van der Waals surface area contributed by atoms with Crippen molar-refractivity contribution in [3.8, 4) is 5.75 Å². The SMILES string of the molecule is CC(C)Oc1cc(Cl)c(S(C)(=O)=O)cc1C1=N[C@@](C)(c2ccc(Cl)cc2)[C@@](C)(c2ccc(Cl)cc2)N1C(=O)N1CCN(CCCS(C)(=O)=O)CC1. The fourth-order valence-corrected chi connectivity index (χ4v) is 8.99. The van der Waals surface area contributed by atoms with Crippen LogP contribution in [0.3, 0.4) is 0 Å². The molecule has 0 unspecified atom stereocenters. The Bertz CT molecular complexity index is 2040. The summed E-state index contributed by atoms with van der Waals surface area (Å²) in [6, 6.07) is 17.1. The van der Waals surface area contributed by atoms with Crippen LogP contribution in [-0.4, -0.2) is 100 Å². The van der Waals surface area contributed by atoms with Crippen molar-refractivity contribution in [1.29, 1.82) is 0 Å². The Morgan fingerprint density at radius 2 is 1.41 bits per heavy atom. The molecule has 0 spiro atoms. The maximum Gasteiger partial charge on any atom is 0.326 e. The van der Waals surface area contributed by atoms with E-state index >= 15 is 4.79 Å². The number of hydrogen-bond donors (Lipinski definition) is 0. The molecule has 0 aliphatic carbocycles. The molecule has 1 fully saturated rings. The summed E-state index contributed by atoms with van der Waals surface area (Å²) < 4.78 is 55.7. The van der Waals surface area contributed by atoms with E-state index in [0.717, 1.165) is 17.4 Å². The van der Waals surface area contributed by atoms with Gasteiger partial charge in [-0.2, -0.15) is 0 Å². The number of amides is 2. The van der Waals surface area contributed by atoms with E-state index in [1.165, 1.54) is 18.4 Å². The fraction of sp³-hybridized carbons (Fsp3) is 0.444. The smallest absolute Gasteiger partial charge is 0.326 e. The molecule has 0 radical (unpaired) electrons. The zero-order valence-corrected chi connectivity index (χ0v) is 33.4. The highest BCUT2D eigenvalue weighted by Crippen LogP contribution is 2.54. The van der Waals surface area contributed by atoms with Crippen LogP contribution in [0.25, 0.3) is 0 Å². The molecule has 0 bridgehead atoms. The largest absolute Gasteiger partial charge is 0.490 e. The van der Waals surface area contributed by atoms with Gasteiger partial charge in [-0.15, -0.1) is 0 Å². The molecular formula is C36H43Cl3N4O6S2.